The number of aromatic nitrogens is 1. The Kier molecular flexibility index (Phi) is 11.2. The summed E-state index contributed by atoms with van der Waals surface area (Å²) in [6, 6.07) is 24.1. The summed E-state index contributed by atoms with van der Waals surface area (Å²) in [4.78, 5) is 17.1. The van der Waals surface area contributed by atoms with Gasteiger partial charge in [-0.15, -0.1) is 34.9 Å². The Labute approximate surface area is 270 Å². The molecule has 1 radical (unpaired) electrons. The zero-order chi connectivity index (χ0) is 30.7. The summed E-state index contributed by atoms with van der Waals surface area (Å²) in [7, 11) is 0. The number of rotatable bonds is 8. The molecule has 0 fully saturated rings. The van der Waals surface area contributed by atoms with Gasteiger partial charge in [0.25, 0.3) is 0 Å². The van der Waals surface area contributed by atoms with Crippen LogP contribution < -0.4 is 0 Å². The molecule has 0 atom stereocenters. The molecule has 0 spiro atoms. The van der Waals surface area contributed by atoms with Crippen LogP contribution in [0.5, 0.6) is 0 Å². The van der Waals surface area contributed by atoms with E-state index < -0.39 is 0 Å². The quantitative estimate of drug-likeness (QED) is 0.0973. The molecule has 0 aliphatic carbocycles. The number of aliphatic hydroxyl groups is 1. The number of aliphatic hydroxyl groups excluding tert-OH is 1. The molecule has 5 heteroatoms. The first-order chi connectivity index (χ1) is 20.0. The number of carbonyl (C=O) groups is 1. The Morgan fingerprint density at radius 1 is 0.884 bits per heavy atom. The number of fused-ring (bicyclic) bond motifs is 5. The van der Waals surface area contributed by atoms with E-state index >= 15 is 0 Å². The van der Waals surface area contributed by atoms with Gasteiger partial charge in [0.15, 0.2) is 5.78 Å². The van der Waals surface area contributed by atoms with Crippen molar-refractivity contribution in [2.24, 2.45) is 10.8 Å². The number of allylic oxidation sites excluding steroid dienone is 2. The summed E-state index contributed by atoms with van der Waals surface area (Å²) in [5.41, 5.74) is 6.24. The van der Waals surface area contributed by atoms with Crippen LogP contribution >= 0.6 is 0 Å². The minimum absolute atomic E-state index is 0. The normalized spacial score (nSPS) is 12.2. The third kappa shape index (κ3) is 6.95. The van der Waals surface area contributed by atoms with Gasteiger partial charge in [-0.3, -0.25) is 9.78 Å². The minimum atomic E-state index is -0.337. The number of carbonyl (C=O) groups excluding carboxylic acids is 1. The van der Waals surface area contributed by atoms with Crippen LogP contribution in [0.3, 0.4) is 0 Å². The number of pyridine rings is 1. The van der Waals surface area contributed by atoms with Crippen molar-refractivity contribution in [1.29, 1.82) is 0 Å². The van der Waals surface area contributed by atoms with Crippen molar-refractivity contribution in [3.63, 3.8) is 0 Å². The molecule has 3 aromatic carbocycles. The van der Waals surface area contributed by atoms with Crippen molar-refractivity contribution >= 4 is 38.6 Å². The van der Waals surface area contributed by atoms with E-state index in [1.54, 1.807) is 0 Å². The van der Waals surface area contributed by atoms with Crippen LogP contribution in [0.15, 0.2) is 76.9 Å². The van der Waals surface area contributed by atoms with Crippen molar-refractivity contribution in [2.45, 2.75) is 81.1 Å². The molecular weight excluding hydrogens is 711 g/mol. The minimum Gasteiger partial charge on any atom is -0.512 e. The molecule has 2 aromatic heterocycles. The molecule has 0 saturated carbocycles. The second kappa shape index (κ2) is 14.0. The first-order valence-electron chi connectivity index (χ1n) is 15.2. The van der Waals surface area contributed by atoms with Gasteiger partial charge in [-0.2, -0.15) is 0 Å². The average molecular weight is 755 g/mol. The number of aryl methyl sites for hydroxylation is 2. The van der Waals surface area contributed by atoms with E-state index in [0.717, 1.165) is 75.3 Å². The second-order valence-electron chi connectivity index (χ2n) is 12.0. The van der Waals surface area contributed by atoms with Crippen molar-refractivity contribution < 1.29 is 34.4 Å². The SMILES string of the molecule is CCC(C)(CC)C(=O)/C=C(\O)C(C)(CC)CC.Cc1[c-]c(-c2nc3ccccc3c3c2oc2ccccc23)cc(C)c1.[Ir]. The summed E-state index contributed by atoms with van der Waals surface area (Å²) in [5.74, 6) is 0.286. The zero-order valence-electron chi connectivity index (χ0n) is 26.7. The average Bonchev–Trinajstić information content (AvgIpc) is 3.39. The second-order valence-corrected chi connectivity index (χ2v) is 12.0. The molecule has 2 heterocycles. The molecule has 1 N–H and O–H groups in total. The molecule has 0 aliphatic heterocycles. The summed E-state index contributed by atoms with van der Waals surface area (Å²) in [6.07, 6.45) is 4.75. The Morgan fingerprint density at radius 2 is 1.47 bits per heavy atom. The molecule has 43 heavy (non-hydrogen) atoms. The fraction of sp³-hybridized carbons (Fsp3) is 0.368. The first kappa shape index (κ1) is 34.2. The summed E-state index contributed by atoms with van der Waals surface area (Å²) in [5, 5.41) is 13.5. The van der Waals surface area contributed by atoms with E-state index in [2.05, 4.69) is 56.3 Å². The van der Waals surface area contributed by atoms with Crippen LogP contribution in [0.1, 0.15) is 78.4 Å². The van der Waals surface area contributed by atoms with Crippen LogP contribution in [-0.2, 0) is 24.9 Å². The predicted octanol–water partition coefficient (Wildman–Crippen LogP) is 10.9. The Bertz CT molecular complexity index is 1740. The van der Waals surface area contributed by atoms with Crippen molar-refractivity contribution in [3.05, 3.63) is 89.7 Å². The monoisotopic (exact) mass is 755 g/mol. The summed E-state index contributed by atoms with van der Waals surface area (Å²) in [6.45, 7) is 16.2. The topological polar surface area (TPSA) is 63.3 Å². The van der Waals surface area contributed by atoms with Gasteiger partial charge < -0.3 is 9.52 Å². The summed E-state index contributed by atoms with van der Waals surface area (Å²) >= 11 is 0. The molecule has 0 unspecified atom stereocenters. The van der Waals surface area contributed by atoms with E-state index in [0.29, 0.717) is 0 Å². The number of hydrogen-bond donors (Lipinski definition) is 1. The number of nitrogens with zero attached hydrogens (tertiary/aromatic N) is 1. The maximum Gasteiger partial charge on any atom is 0.164 e. The van der Waals surface area contributed by atoms with E-state index in [1.165, 1.54) is 11.6 Å². The largest absolute Gasteiger partial charge is 0.512 e. The number of furan rings is 1. The van der Waals surface area contributed by atoms with Crippen LogP contribution in [0, 0.1) is 30.7 Å². The van der Waals surface area contributed by atoms with Gasteiger partial charge in [0.1, 0.15) is 16.9 Å². The fourth-order valence-electron chi connectivity index (χ4n) is 5.32. The molecule has 0 saturated heterocycles. The van der Waals surface area contributed by atoms with Gasteiger partial charge >= 0.3 is 0 Å². The van der Waals surface area contributed by atoms with Crippen molar-refractivity contribution in [2.75, 3.05) is 0 Å². The predicted molar refractivity (Wildman–Crippen MR) is 176 cm³/mol. The number of benzene rings is 3. The van der Waals surface area contributed by atoms with Crippen LogP contribution in [0.4, 0.5) is 0 Å². The van der Waals surface area contributed by atoms with Gasteiger partial charge in [0.2, 0.25) is 0 Å². The van der Waals surface area contributed by atoms with E-state index in [-0.39, 0.29) is 42.5 Å². The van der Waals surface area contributed by atoms with Gasteiger partial charge in [-0.05, 0) is 37.8 Å². The first-order valence-corrected chi connectivity index (χ1v) is 15.2. The maximum atomic E-state index is 12.2. The fourth-order valence-corrected chi connectivity index (χ4v) is 5.32. The molecule has 0 bridgehead atoms. The third-order valence-electron chi connectivity index (χ3n) is 9.22. The molecule has 0 aliphatic rings. The van der Waals surface area contributed by atoms with E-state index in [9.17, 15) is 9.90 Å². The molecule has 5 rings (SSSR count). The maximum absolute atomic E-state index is 12.2. The summed E-state index contributed by atoms with van der Waals surface area (Å²) < 4.78 is 6.24. The van der Waals surface area contributed by atoms with Gasteiger partial charge in [0.05, 0.1) is 5.52 Å². The smallest absolute Gasteiger partial charge is 0.164 e. The number of para-hydroxylation sites is 2. The van der Waals surface area contributed by atoms with Gasteiger partial charge in [-0.1, -0.05) is 91.8 Å². The number of ketones is 1. The Morgan fingerprint density at radius 3 is 2.07 bits per heavy atom. The molecule has 5 aromatic rings. The Hall–Kier alpha value is -3.27. The van der Waals surface area contributed by atoms with Crippen LogP contribution in [-0.4, -0.2) is 15.9 Å². The standard InChI is InChI=1S/C23H16NO.C15H28O2.Ir/c1-14-11-15(2)13-16(12-14)22-23-21(17-7-3-5-9-19(17)24-22)18-8-4-6-10-20(18)25-23;1-7-14(5,8-2)12(16)11-13(17)15(6,9-3)10-4;/h3-12H,1-2H3;11,16H,7-10H2,1-6H3;/q-1;;/b;12-11-;. The number of hydrogen-bond acceptors (Lipinski definition) is 4. The Balaban J connectivity index is 0.000000250. The van der Waals surface area contributed by atoms with Gasteiger partial charge in [-0.25, -0.2) is 0 Å². The molecular formula is C38H44IrNO3-. The molecule has 229 valence electrons. The van der Waals surface area contributed by atoms with Crippen LogP contribution in [0.25, 0.3) is 44.1 Å². The zero-order valence-corrected chi connectivity index (χ0v) is 29.1. The van der Waals surface area contributed by atoms with E-state index in [4.69, 9.17) is 9.40 Å². The van der Waals surface area contributed by atoms with Crippen molar-refractivity contribution in [3.8, 4) is 11.3 Å². The van der Waals surface area contributed by atoms with Crippen molar-refractivity contribution in [1.82, 2.24) is 4.98 Å². The van der Waals surface area contributed by atoms with Gasteiger partial charge in [0, 0.05) is 58.9 Å². The van der Waals surface area contributed by atoms with E-state index in [1.807, 2.05) is 65.8 Å². The molecule has 4 nitrogen and oxygen atoms in total. The van der Waals surface area contributed by atoms with Crippen LogP contribution in [0.2, 0.25) is 0 Å². The third-order valence-corrected chi connectivity index (χ3v) is 9.22. The molecule has 0 amide bonds.